The number of nitrogens with one attached hydrogen (secondary N) is 4. The minimum atomic E-state index is -0.959. The SMILES string of the molecule is C#CC(=O)NCCCCCC(=O)CC(CCOCC(=O)NCCOCCOCCO[C@H]1OC(CC)[C@@H](C)[C@H](C)C1C)(COCCC(=O)NCCOCCOCCO[C@H]1OC(CC)[C@@H](C)[C@H](C)C1C)COCCC(=O)NCCOCCOCCO[C@H]1OC(CC)[C@@H](C)[C@H](C)C1C. The third kappa shape index (κ3) is 35.4. The topological polar surface area (TPSA) is 272 Å². The van der Waals surface area contributed by atoms with Crippen LogP contribution in [0.2, 0.25) is 0 Å². The molecule has 0 aromatic heterocycles. The van der Waals surface area contributed by atoms with Crippen molar-refractivity contribution in [1.82, 2.24) is 21.3 Å². The molecule has 3 fully saturated rings. The van der Waals surface area contributed by atoms with Crippen molar-refractivity contribution in [3.63, 3.8) is 0 Å². The maximum absolute atomic E-state index is 13.8. The molecule has 0 saturated carbocycles. The highest BCUT2D eigenvalue weighted by molar-refractivity contribution is 5.92. The van der Waals surface area contributed by atoms with Crippen molar-refractivity contribution < 1.29 is 95.0 Å². The van der Waals surface area contributed by atoms with E-state index in [2.05, 4.69) is 104 Å². The molecule has 3 heterocycles. The number of terminal acetylenes is 1. The van der Waals surface area contributed by atoms with Crippen LogP contribution < -0.4 is 21.3 Å². The van der Waals surface area contributed by atoms with Crippen molar-refractivity contribution in [2.24, 2.45) is 58.7 Å². The molecule has 0 aromatic carbocycles. The van der Waals surface area contributed by atoms with E-state index in [-0.39, 0.29) is 190 Å². The van der Waals surface area contributed by atoms with E-state index in [4.69, 9.17) is 77.5 Å². The zero-order chi connectivity index (χ0) is 69.6. The fourth-order valence-corrected chi connectivity index (χ4v) is 12.2. The molecule has 3 aliphatic rings. The molecule has 4 amide bonds. The van der Waals surface area contributed by atoms with Gasteiger partial charge in [-0.1, -0.05) is 89.5 Å². The highest BCUT2D eigenvalue weighted by Crippen LogP contribution is 2.39. The quantitative estimate of drug-likeness (QED) is 0.0349. The number of carbonyl (C=O) groups excluding carboxylic acids is 5. The van der Waals surface area contributed by atoms with Gasteiger partial charge in [-0.2, -0.15) is 0 Å². The fourth-order valence-electron chi connectivity index (χ4n) is 12.2. The number of Topliss-reactive ketones (excluding diaryl/α,β-unsaturated/α-hetero) is 1. The molecule has 3 aliphatic heterocycles. The molecule has 15 atom stereocenters. The molecule has 3 saturated heterocycles. The Balaban J connectivity index is 1.47. The molecule has 4 N–H and O–H groups in total. The highest BCUT2D eigenvalue weighted by Gasteiger charge is 2.41. The maximum Gasteiger partial charge on any atom is 0.295 e. The molecule has 0 aliphatic carbocycles. The molecular formula is C71H128N4O20. The average molecular weight is 1360 g/mol. The van der Waals surface area contributed by atoms with Gasteiger partial charge in [-0.3, -0.25) is 24.0 Å². The van der Waals surface area contributed by atoms with Gasteiger partial charge in [0.25, 0.3) is 5.91 Å². The van der Waals surface area contributed by atoms with Crippen LogP contribution in [0.15, 0.2) is 0 Å². The molecule has 552 valence electrons. The minimum absolute atomic E-state index is 0.0186. The summed E-state index contributed by atoms with van der Waals surface area (Å²) in [5.74, 6) is 4.46. The normalized spacial score (nSPS) is 26.7. The van der Waals surface area contributed by atoms with Crippen LogP contribution in [0.5, 0.6) is 0 Å². The summed E-state index contributed by atoms with van der Waals surface area (Å²) in [5.41, 5.74) is -0.959. The third-order valence-electron chi connectivity index (χ3n) is 19.4. The number of amides is 4. The minimum Gasteiger partial charge on any atom is -0.380 e. The number of unbranched alkanes of at least 4 members (excludes halogenated alkanes) is 2. The summed E-state index contributed by atoms with van der Waals surface area (Å²) in [5, 5.41) is 11.2. The number of ketones is 1. The standard InChI is InChI=1S/C71H128N4O20/c1-14-61-54(8)51(5)57(11)68(93-61)90-44-41-84-38-35-81-32-26-73-65(78)22-29-88-49-71(47-60(76)21-19-18-20-25-72-64(77)17-4,24-31-87-48-67(80)75-28-34-83-37-40-86-43-46-92-70-59(13)53(7)56(10)63(16-3)95-70)50-89-30-23-66(79)74-27-33-82-36-39-85-42-45-91-69-58(12)52(6)55(9)62(15-2)94-69/h4,51-59,61-63,68-70H,14-16,18-50H2,1-3,5-13H3,(H,72,77)(H,73,78)(H,74,79)(H,75,80)/t51-,52-,53-,54-,55-,56-,57?,58?,59?,61?,62?,63?,68-,69-,70-,71?/m0/s1. The van der Waals surface area contributed by atoms with Gasteiger partial charge in [0.05, 0.1) is 144 Å². The fraction of sp³-hybridized carbons (Fsp3) is 0.901. The first-order chi connectivity index (χ1) is 45.8. The smallest absolute Gasteiger partial charge is 0.295 e. The van der Waals surface area contributed by atoms with Crippen LogP contribution in [0.25, 0.3) is 0 Å². The predicted molar refractivity (Wildman–Crippen MR) is 360 cm³/mol. The second kappa shape index (κ2) is 51.6. The summed E-state index contributed by atoms with van der Waals surface area (Å²) in [7, 11) is 0. The van der Waals surface area contributed by atoms with Gasteiger partial charge in [0, 0.05) is 81.6 Å². The van der Waals surface area contributed by atoms with Crippen molar-refractivity contribution in [3.05, 3.63) is 0 Å². The van der Waals surface area contributed by atoms with Crippen LogP contribution in [-0.2, 0) is 95.0 Å². The van der Waals surface area contributed by atoms with Gasteiger partial charge in [0.15, 0.2) is 18.9 Å². The third-order valence-corrected chi connectivity index (χ3v) is 19.4. The molecule has 6 unspecified atom stereocenters. The number of hydrogen-bond acceptors (Lipinski definition) is 20. The van der Waals surface area contributed by atoms with Crippen molar-refractivity contribution in [3.8, 4) is 12.3 Å². The highest BCUT2D eigenvalue weighted by atomic mass is 16.7. The lowest BCUT2D eigenvalue weighted by Gasteiger charge is -2.43. The maximum atomic E-state index is 13.8. The molecule has 0 bridgehead atoms. The van der Waals surface area contributed by atoms with Crippen LogP contribution in [0, 0.1) is 71.0 Å². The summed E-state index contributed by atoms with van der Waals surface area (Å²) < 4.78 is 89.3. The zero-order valence-corrected chi connectivity index (χ0v) is 60.4. The second-order valence-electron chi connectivity index (χ2n) is 26.3. The molecule has 24 nitrogen and oxygen atoms in total. The molecule has 95 heavy (non-hydrogen) atoms. The predicted octanol–water partition coefficient (Wildman–Crippen LogP) is 7.09. The van der Waals surface area contributed by atoms with E-state index < -0.39 is 11.3 Å². The van der Waals surface area contributed by atoms with Crippen molar-refractivity contribution in [2.45, 2.75) is 191 Å². The Labute approximate surface area is 570 Å². The lowest BCUT2D eigenvalue weighted by Crippen LogP contribution is -2.45. The van der Waals surface area contributed by atoms with Crippen LogP contribution >= 0.6 is 0 Å². The van der Waals surface area contributed by atoms with E-state index in [9.17, 15) is 24.0 Å². The Hall–Kier alpha value is -3.49. The van der Waals surface area contributed by atoms with Crippen molar-refractivity contribution in [2.75, 3.05) is 165 Å². The molecule has 0 spiro atoms. The Morgan fingerprint density at radius 1 is 0.379 bits per heavy atom. The number of hydrogen-bond donors (Lipinski definition) is 4. The van der Waals surface area contributed by atoms with E-state index in [1.165, 1.54) is 0 Å². The van der Waals surface area contributed by atoms with Crippen molar-refractivity contribution >= 4 is 29.4 Å². The molecule has 0 aromatic rings. The number of carbonyl (C=O) groups is 5. The first-order valence-corrected chi connectivity index (χ1v) is 35.9. The van der Waals surface area contributed by atoms with Crippen LogP contribution in [0.4, 0.5) is 0 Å². The Bertz CT molecular complexity index is 1900. The van der Waals surface area contributed by atoms with Crippen LogP contribution in [0.3, 0.4) is 0 Å². The zero-order valence-electron chi connectivity index (χ0n) is 60.4. The monoisotopic (exact) mass is 1360 g/mol. The Kier molecular flexibility index (Phi) is 46.6. The van der Waals surface area contributed by atoms with E-state index in [0.717, 1.165) is 19.3 Å². The molecular weight excluding hydrogens is 1230 g/mol. The summed E-state index contributed by atoms with van der Waals surface area (Å²) in [4.78, 5) is 64.2. The average Bonchev–Trinajstić information content (AvgIpc) is 0.859. The first-order valence-electron chi connectivity index (χ1n) is 35.9. The van der Waals surface area contributed by atoms with Crippen LogP contribution in [0.1, 0.15) is 154 Å². The van der Waals surface area contributed by atoms with E-state index in [0.29, 0.717) is 141 Å². The molecule has 0 radical (unpaired) electrons. The summed E-state index contributed by atoms with van der Waals surface area (Å²) in [6.45, 7) is 33.1. The summed E-state index contributed by atoms with van der Waals surface area (Å²) in [6.07, 6.45) is 10.3. The van der Waals surface area contributed by atoms with Gasteiger partial charge in [0.2, 0.25) is 17.7 Å². The summed E-state index contributed by atoms with van der Waals surface area (Å²) in [6, 6.07) is 0. The van der Waals surface area contributed by atoms with Gasteiger partial charge >= 0.3 is 0 Å². The van der Waals surface area contributed by atoms with E-state index >= 15 is 0 Å². The Morgan fingerprint density at radius 2 is 0.747 bits per heavy atom. The number of ether oxygens (including phenoxy) is 15. The number of rotatable bonds is 56. The van der Waals surface area contributed by atoms with Crippen LogP contribution in [-0.4, -0.2) is 232 Å². The molecule has 24 heteroatoms. The lowest BCUT2D eigenvalue weighted by molar-refractivity contribution is -0.251. The van der Waals surface area contributed by atoms with Gasteiger partial charge < -0.3 is 92.3 Å². The van der Waals surface area contributed by atoms with E-state index in [1.807, 2.05) is 5.92 Å². The van der Waals surface area contributed by atoms with Crippen molar-refractivity contribution in [1.29, 1.82) is 0 Å². The van der Waals surface area contributed by atoms with E-state index in [1.54, 1.807) is 0 Å². The van der Waals surface area contributed by atoms with Gasteiger partial charge in [-0.05, 0) is 80.0 Å². The second-order valence-corrected chi connectivity index (χ2v) is 26.3. The summed E-state index contributed by atoms with van der Waals surface area (Å²) >= 11 is 0. The first kappa shape index (κ1) is 85.7. The molecule has 3 rings (SSSR count). The van der Waals surface area contributed by atoms with Gasteiger partial charge in [0.1, 0.15) is 12.4 Å². The van der Waals surface area contributed by atoms with Gasteiger partial charge in [-0.15, -0.1) is 6.42 Å². The largest absolute Gasteiger partial charge is 0.380 e. The lowest BCUT2D eigenvalue weighted by atomic mass is 9.78. The Morgan fingerprint density at radius 3 is 1.13 bits per heavy atom. The van der Waals surface area contributed by atoms with Gasteiger partial charge in [-0.25, -0.2) is 0 Å².